The maximum absolute atomic E-state index is 13.2. The van der Waals surface area contributed by atoms with Gasteiger partial charge in [0.2, 0.25) is 0 Å². The Morgan fingerprint density at radius 1 is 1.38 bits per heavy atom. The van der Waals surface area contributed by atoms with E-state index in [-0.39, 0.29) is 18.2 Å². The third-order valence-corrected chi connectivity index (χ3v) is 3.14. The molecule has 0 aromatic heterocycles. The Kier molecular flexibility index (Phi) is 5.02. The van der Waals surface area contributed by atoms with Crippen molar-refractivity contribution in [3.8, 4) is 0 Å². The van der Waals surface area contributed by atoms with Crippen LogP contribution in [0.25, 0.3) is 0 Å². The zero-order valence-electron chi connectivity index (χ0n) is 9.30. The second-order valence-electron chi connectivity index (χ2n) is 3.72. The van der Waals surface area contributed by atoms with Gasteiger partial charge in [0.25, 0.3) is 0 Å². The van der Waals surface area contributed by atoms with E-state index in [0.29, 0.717) is 5.75 Å². The van der Waals surface area contributed by atoms with E-state index in [1.807, 2.05) is 6.92 Å². The topological polar surface area (TPSA) is 29.1 Å². The van der Waals surface area contributed by atoms with Crippen LogP contribution in [0.15, 0.2) is 18.2 Å². The number of hydrogen-bond acceptors (Lipinski definition) is 2. The average Bonchev–Trinajstić information content (AvgIpc) is 2.15. The molecule has 0 bridgehead atoms. The first-order valence-corrected chi connectivity index (χ1v) is 6.69. The maximum Gasteiger partial charge on any atom is 0.130 e. The lowest BCUT2D eigenvalue weighted by molar-refractivity contribution is 0.515. The molecule has 0 radical (unpaired) electrons. The number of benzene rings is 1. The molecule has 2 nitrogen and oxygen atoms in total. The van der Waals surface area contributed by atoms with Crippen LogP contribution in [-0.2, 0) is 17.3 Å². The zero-order valence-corrected chi connectivity index (χ0v) is 10.1. The van der Waals surface area contributed by atoms with Gasteiger partial charge in [-0.2, -0.15) is 0 Å². The summed E-state index contributed by atoms with van der Waals surface area (Å²) in [4.78, 5) is 0. The number of hydrogen-bond donors (Lipinski definition) is 1. The average molecular weight is 247 g/mol. The van der Waals surface area contributed by atoms with Crippen LogP contribution in [0.4, 0.5) is 8.78 Å². The highest BCUT2D eigenvalue weighted by molar-refractivity contribution is 7.84. The van der Waals surface area contributed by atoms with E-state index in [2.05, 4.69) is 5.32 Å². The SMILES string of the molecule is CC(CS(C)=O)NCc1c(F)cccc1F. The number of rotatable bonds is 5. The highest BCUT2D eigenvalue weighted by Gasteiger charge is 2.10. The van der Waals surface area contributed by atoms with E-state index in [1.165, 1.54) is 18.2 Å². The fraction of sp³-hybridized carbons (Fsp3) is 0.455. The molecule has 0 aliphatic carbocycles. The molecule has 16 heavy (non-hydrogen) atoms. The van der Waals surface area contributed by atoms with Gasteiger partial charge in [0.1, 0.15) is 11.6 Å². The van der Waals surface area contributed by atoms with Crippen molar-refractivity contribution >= 4 is 10.8 Å². The van der Waals surface area contributed by atoms with Gasteiger partial charge in [0.15, 0.2) is 0 Å². The second-order valence-corrected chi connectivity index (χ2v) is 5.20. The molecule has 0 saturated carbocycles. The van der Waals surface area contributed by atoms with Gasteiger partial charge in [-0.1, -0.05) is 6.07 Å². The number of nitrogens with one attached hydrogen (secondary N) is 1. The Morgan fingerprint density at radius 3 is 2.44 bits per heavy atom. The summed E-state index contributed by atoms with van der Waals surface area (Å²) in [7, 11) is -0.914. The lowest BCUT2D eigenvalue weighted by Crippen LogP contribution is -2.31. The van der Waals surface area contributed by atoms with Crippen LogP contribution in [0.3, 0.4) is 0 Å². The lowest BCUT2D eigenvalue weighted by atomic mass is 10.2. The van der Waals surface area contributed by atoms with Crippen molar-refractivity contribution in [2.75, 3.05) is 12.0 Å². The normalized spacial score (nSPS) is 14.8. The van der Waals surface area contributed by atoms with Crippen LogP contribution in [0.5, 0.6) is 0 Å². The fourth-order valence-electron chi connectivity index (χ4n) is 1.39. The molecule has 5 heteroatoms. The van der Waals surface area contributed by atoms with Gasteiger partial charge in [-0.15, -0.1) is 0 Å². The molecule has 0 aliphatic rings. The van der Waals surface area contributed by atoms with Crippen molar-refractivity contribution in [1.29, 1.82) is 0 Å². The predicted octanol–water partition coefficient (Wildman–Crippen LogP) is 1.82. The van der Waals surface area contributed by atoms with Crippen LogP contribution in [0.1, 0.15) is 12.5 Å². The molecule has 0 saturated heterocycles. The molecule has 0 spiro atoms. The van der Waals surface area contributed by atoms with Gasteiger partial charge in [0, 0.05) is 41.0 Å². The quantitative estimate of drug-likeness (QED) is 0.860. The first kappa shape index (κ1) is 13.3. The van der Waals surface area contributed by atoms with E-state index in [9.17, 15) is 13.0 Å². The standard InChI is InChI=1S/C11H15F2NOS/c1-8(7-16(2)15)14-6-9-10(12)4-3-5-11(9)13/h3-5,8,14H,6-7H2,1-2H3. The minimum Gasteiger partial charge on any atom is -0.309 e. The summed E-state index contributed by atoms with van der Waals surface area (Å²) >= 11 is 0. The Hall–Kier alpha value is -0.810. The van der Waals surface area contributed by atoms with Crippen molar-refractivity contribution < 1.29 is 13.0 Å². The minimum absolute atomic E-state index is 0.0243. The van der Waals surface area contributed by atoms with Crippen LogP contribution in [0.2, 0.25) is 0 Å². The fourth-order valence-corrected chi connectivity index (χ4v) is 2.21. The molecule has 1 rings (SSSR count). The monoisotopic (exact) mass is 247 g/mol. The Morgan fingerprint density at radius 2 is 1.94 bits per heavy atom. The summed E-state index contributed by atoms with van der Waals surface area (Å²) in [6.07, 6.45) is 1.60. The van der Waals surface area contributed by atoms with E-state index in [4.69, 9.17) is 0 Å². The van der Waals surface area contributed by atoms with Gasteiger partial charge < -0.3 is 5.32 Å². The van der Waals surface area contributed by atoms with Crippen molar-refractivity contribution in [3.63, 3.8) is 0 Å². The molecule has 0 amide bonds. The largest absolute Gasteiger partial charge is 0.309 e. The number of halogens is 2. The van der Waals surface area contributed by atoms with Gasteiger partial charge in [0.05, 0.1) is 0 Å². The highest BCUT2D eigenvalue weighted by Crippen LogP contribution is 2.11. The van der Waals surface area contributed by atoms with Crippen molar-refractivity contribution in [3.05, 3.63) is 35.4 Å². The minimum atomic E-state index is -0.914. The maximum atomic E-state index is 13.2. The van der Waals surface area contributed by atoms with E-state index < -0.39 is 22.4 Å². The first-order chi connectivity index (χ1) is 7.50. The molecule has 90 valence electrons. The molecular weight excluding hydrogens is 232 g/mol. The molecular formula is C11H15F2NOS. The highest BCUT2D eigenvalue weighted by atomic mass is 32.2. The van der Waals surface area contributed by atoms with Gasteiger partial charge in [-0.05, 0) is 19.1 Å². The van der Waals surface area contributed by atoms with Crippen molar-refractivity contribution in [1.82, 2.24) is 5.32 Å². The summed E-state index contributed by atoms with van der Waals surface area (Å²) in [6.45, 7) is 1.94. The summed E-state index contributed by atoms with van der Waals surface area (Å²) in [5, 5.41) is 2.94. The Balaban J connectivity index is 2.57. The van der Waals surface area contributed by atoms with E-state index in [0.717, 1.165) is 0 Å². The third kappa shape index (κ3) is 3.98. The third-order valence-electron chi connectivity index (χ3n) is 2.17. The van der Waals surface area contributed by atoms with Crippen LogP contribution < -0.4 is 5.32 Å². The summed E-state index contributed by atoms with van der Waals surface area (Å²) in [5.41, 5.74) is 0.0243. The summed E-state index contributed by atoms with van der Waals surface area (Å²) < 4.78 is 37.4. The van der Waals surface area contributed by atoms with Crippen molar-refractivity contribution in [2.24, 2.45) is 0 Å². The second kappa shape index (κ2) is 6.06. The van der Waals surface area contributed by atoms with Gasteiger partial charge >= 0.3 is 0 Å². The summed E-state index contributed by atoms with van der Waals surface area (Å²) in [5.74, 6) is -0.648. The van der Waals surface area contributed by atoms with E-state index in [1.54, 1.807) is 6.26 Å². The lowest BCUT2D eigenvalue weighted by Gasteiger charge is -2.13. The first-order valence-electron chi connectivity index (χ1n) is 4.97. The molecule has 0 fully saturated rings. The Bertz CT molecular complexity index is 364. The predicted molar refractivity (Wildman–Crippen MR) is 61.6 cm³/mol. The molecule has 0 aliphatic heterocycles. The zero-order chi connectivity index (χ0) is 12.1. The van der Waals surface area contributed by atoms with Crippen LogP contribution in [-0.4, -0.2) is 22.3 Å². The molecule has 1 aromatic carbocycles. The molecule has 1 aromatic rings. The van der Waals surface area contributed by atoms with Crippen LogP contribution >= 0.6 is 0 Å². The van der Waals surface area contributed by atoms with Crippen molar-refractivity contribution in [2.45, 2.75) is 19.5 Å². The molecule has 0 heterocycles. The smallest absolute Gasteiger partial charge is 0.130 e. The Labute approximate surface area is 96.5 Å². The molecule has 2 atom stereocenters. The van der Waals surface area contributed by atoms with E-state index >= 15 is 0 Å². The summed E-state index contributed by atoms with van der Waals surface area (Å²) in [6, 6.07) is 3.74. The van der Waals surface area contributed by atoms with Crippen LogP contribution in [0, 0.1) is 11.6 Å². The molecule has 1 N–H and O–H groups in total. The van der Waals surface area contributed by atoms with Gasteiger partial charge in [-0.3, -0.25) is 4.21 Å². The molecule has 2 unspecified atom stereocenters. The van der Waals surface area contributed by atoms with Gasteiger partial charge in [-0.25, -0.2) is 8.78 Å².